The van der Waals surface area contributed by atoms with Gasteiger partial charge in [0.15, 0.2) is 12.0 Å². The number of hydrogen-bond acceptors (Lipinski definition) is 8. The standard InChI is InChI=1S/C30H40N8O7/c1-16(39)25(29(44)45)38-28(43)24(14-18-15-35-22-7-3-2-5-20(18)22)37-27(42)23(13-17-8-10-19(40)11-9-17)36-26(41)21(31)6-4-12-34-30(32)33/h2-3,5,7-11,15-16,21,23-25,35,39-40H,4,6,12-14,31H2,1H3,(H,36,41)(H,37,42)(H,38,43)(H,44,45)(H4,32,33,34). The zero-order valence-electron chi connectivity index (χ0n) is 24.8. The Hall–Kier alpha value is -5.15. The number of aliphatic hydroxyl groups is 1. The molecular formula is C30H40N8O7. The van der Waals surface area contributed by atoms with E-state index in [2.05, 4.69) is 25.9 Å². The number of carboxylic acid groups (broad SMARTS) is 1. The van der Waals surface area contributed by atoms with Crippen LogP contribution in [0.15, 0.2) is 59.7 Å². The molecule has 0 spiro atoms. The van der Waals surface area contributed by atoms with E-state index in [9.17, 15) is 34.5 Å². The molecule has 5 unspecified atom stereocenters. The molecule has 3 amide bonds. The highest BCUT2D eigenvalue weighted by atomic mass is 16.4. The van der Waals surface area contributed by atoms with E-state index >= 15 is 0 Å². The number of aromatic nitrogens is 1. The molecule has 0 saturated carbocycles. The number of benzene rings is 2. The maximum absolute atomic E-state index is 13.8. The van der Waals surface area contributed by atoms with E-state index in [0.29, 0.717) is 17.5 Å². The zero-order chi connectivity index (χ0) is 33.1. The number of nitrogens with two attached hydrogens (primary N) is 3. The lowest BCUT2D eigenvalue weighted by Crippen LogP contribution is -2.59. The summed E-state index contributed by atoms with van der Waals surface area (Å²) in [5, 5.41) is 37.5. The van der Waals surface area contributed by atoms with E-state index in [-0.39, 0.29) is 37.5 Å². The largest absolute Gasteiger partial charge is 0.508 e. The minimum absolute atomic E-state index is 0.00754. The number of nitrogens with one attached hydrogen (secondary N) is 4. The van der Waals surface area contributed by atoms with Crippen molar-refractivity contribution >= 4 is 40.6 Å². The van der Waals surface area contributed by atoms with Crippen LogP contribution in [0.5, 0.6) is 5.75 Å². The first-order chi connectivity index (χ1) is 21.3. The van der Waals surface area contributed by atoms with Crippen LogP contribution >= 0.6 is 0 Å². The molecule has 15 nitrogen and oxygen atoms in total. The molecule has 5 atom stereocenters. The molecular weight excluding hydrogens is 584 g/mol. The first kappa shape index (κ1) is 34.3. The summed E-state index contributed by atoms with van der Waals surface area (Å²) in [5.74, 6) is -3.76. The van der Waals surface area contributed by atoms with Crippen LogP contribution in [0.25, 0.3) is 10.9 Å². The fourth-order valence-electron chi connectivity index (χ4n) is 4.65. The van der Waals surface area contributed by atoms with Gasteiger partial charge in [0.2, 0.25) is 17.7 Å². The number of H-pyrrole nitrogens is 1. The Kier molecular flexibility index (Phi) is 12.3. The van der Waals surface area contributed by atoms with E-state index in [0.717, 1.165) is 10.9 Å². The first-order valence-corrected chi connectivity index (χ1v) is 14.3. The lowest BCUT2D eigenvalue weighted by molar-refractivity contribution is -0.145. The zero-order valence-corrected chi connectivity index (χ0v) is 24.8. The smallest absolute Gasteiger partial charge is 0.328 e. The second-order valence-corrected chi connectivity index (χ2v) is 10.7. The third-order valence-electron chi connectivity index (χ3n) is 7.09. The summed E-state index contributed by atoms with van der Waals surface area (Å²) in [6.07, 6.45) is 0.812. The number of para-hydroxylation sites is 1. The maximum atomic E-state index is 13.8. The topological polar surface area (TPSA) is 271 Å². The lowest BCUT2D eigenvalue weighted by atomic mass is 10.0. The molecule has 13 N–H and O–H groups in total. The van der Waals surface area contributed by atoms with Crippen LogP contribution in [0, 0.1) is 0 Å². The average molecular weight is 625 g/mol. The first-order valence-electron chi connectivity index (χ1n) is 14.3. The molecule has 0 aliphatic heterocycles. The molecule has 0 aliphatic rings. The van der Waals surface area contributed by atoms with Crippen LogP contribution in [-0.2, 0) is 32.0 Å². The van der Waals surface area contributed by atoms with E-state index in [4.69, 9.17) is 17.2 Å². The van der Waals surface area contributed by atoms with Gasteiger partial charge in [0, 0.05) is 36.5 Å². The number of phenolic OH excluding ortho intramolecular Hbond substituents is 1. The number of carbonyl (C=O) groups excluding carboxylic acids is 3. The number of carbonyl (C=O) groups is 4. The van der Waals surface area contributed by atoms with Gasteiger partial charge < -0.3 is 53.5 Å². The van der Waals surface area contributed by atoms with Crippen LogP contribution in [0.1, 0.15) is 30.9 Å². The van der Waals surface area contributed by atoms with Gasteiger partial charge in [-0.25, -0.2) is 4.79 Å². The number of aliphatic carboxylic acids is 1. The maximum Gasteiger partial charge on any atom is 0.328 e. The van der Waals surface area contributed by atoms with Gasteiger partial charge in [-0.05, 0) is 49.1 Å². The summed E-state index contributed by atoms with van der Waals surface area (Å²) in [4.78, 5) is 58.9. The van der Waals surface area contributed by atoms with E-state index < -0.39 is 54.0 Å². The second-order valence-electron chi connectivity index (χ2n) is 10.7. The number of phenols is 1. The Morgan fingerprint density at radius 2 is 1.53 bits per heavy atom. The molecule has 0 saturated heterocycles. The molecule has 2 aromatic carbocycles. The van der Waals surface area contributed by atoms with Crippen molar-refractivity contribution < 1.29 is 34.5 Å². The van der Waals surface area contributed by atoms with Gasteiger partial charge in [-0.2, -0.15) is 0 Å². The van der Waals surface area contributed by atoms with Crippen LogP contribution in [0.4, 0.5) is 0 Å². The summed E-state index contributed by atoms with van der Waals surface area (Å²) < 4.78 is 0. The number of aliphatic imine (C=N–C) groups is 1. The fourth-order valence-corrected chi connectivity index (χ4v) is 4.65. The highest BCUT2D eigenvalue weighted by molar-refractivity contribution is 5.95. The van der Waals surface area contributed by atoms with Gasteiger partial charge in [-0.3, -0.25) is 19.4 Å². The van der Waals surface area contributed by atoms with Gasteiger partial charge in [0.1, 0.15) is 17.8 Å². The summed E-state index contributed by atoms with van der Waals surface area (Å²) in [6.45, 7) is 1.48. The lowest BCUT2D eigenvalue weighted by Gasteiger charge is -2.26. The Bertz CT molecular complexity index is 1500. The van der Waals surface area contributed by atoms with E-state index in [1.807, 2.05) is 24.3 Å². The molecule has 0 radical (unpaired) electrons. The number of aliphatic hydroxyl groups excluding tert-OH is 1. The van der Waals surface area contributed by atoms with Gasteiger partial charge in [0.25, 0.3) is 0 Å². The number of rotatable bonds is 16. The van der Waals surface area contributed by atoms with Crippen LogP contribution < -0.4 is 33.2 Å². The third kappa shape index (κ3) is 10.2. The number of aromatic hydroxyl groups is 1. The minimum Gasteiger partial charge on any atom is -0.508 e. The van der Waals surface area contributed by atoms with Crippen LogP contribution in [-0.4, -0.2) is 86.8 Å². The number of nitrogens with zero attached hydrogens (tertiary/aromatic N) is 1. The van der Waals surface area contributed by atoms with Gasteiger partial charge in [0.05, 0.1) is 12.1 Å². The van der Waals surface area contributed by atoms with Crippen molar-refractivity contribution in [3.8, 4) is 5.75 Å². The normalized spacial score (nSPS) is 14.4. The third-order valence-corrected chi connectivity index (χ3v) is 7.09. The van der Waals surface area contributed by atoms with Crippen molar-refractivity contribution in [1.29, 1.82) is 0 Å². The fraction of sp³-hybridized carbons (Fsp3) is 0.367. The molecule has 1 heterocycles. The number of amides is 3. The molecule has 1 aromatic heterocycles. The number of fused-ring (bicyclic) bond motifs is 1. The number of carboxylic acids is 1. The van der Waals surface area contributed by atoms with Crippen LogP contribution in [0.2, 0.25) is 0 Å². The number of hydrogen-bond donors (Lipinski definition) is 10. The molecule has 15 heteroatoms. The highest BCUT2D eigenvalue weighted by Crippen LogP contribution is 2.20. The van der Waals surface area contributed by atoms with Crippen molar-refractivity contribution in [3.05, 3.63) is 65.9 Å². The van der Waals surface area contributed by atoms with Gasteiger partial charge >= 0.3 is 5.97 Å². The van der Waals surface area contributed by atoms with E-state index in [1.54, 1.807) is 18.3 Å². The highest BCUT2D eigenvalue weighted by Gasteiger charge is 2.32. The van der Waals surface area contributed by atoms with E-state index in [1.165, 1.54) is 19.1 Å². The average Bonchev–Trinajstić information content (AvgIpc) is 3.40. The van der Waals surface area contributed by atoms with Crippen LogP contribution in [0.3, 0.4) is 0 Å². The molecule has 242 valence electrons. The van der Waals surface area contributed by atoms with Gasteiger partial charge in [-0.15, -0.1) is 0 Å². The number of guanidine groups is 1. The quantitative estimate of drug-likeness (QED) is 0.0525. The van der Waals surface area contributed by atoms with Crippen molar-refractivity contribution in [2.24, 2.45) is 22.2 Å². The predicted octanol–water partition coefficient (Wildman–Crippen LogP) is -1.04. The predicted molar refractivity (Wildman–Crippen MR) is 167 cm³/mol. The van der Waals surface area contributed by atoms with Crippen molar-refractivity contribution in [2.75, 3.05) is 6.54 Å². The van der Waals surface area contributed by atoms with Gasteiger partial charge in [-0.1, -0.05) is 30.3 Å². The minimum atomic E-state index is -1.63. The van der Waals surface area contributed by atoms with Crippen molar-refractivity contribution in [3.63, 3.8) is 0 Å². The summed E-state index contributed by atoms with van der Waals surface area (Å²) in [5.41, 5.74) is 18.8. The monoisotopic (exact) mass is 624 g/mol. The Labute approximate surface area is 259 Å². The number of aromatic amines is 1. The molecule has 45 heavy (non-hydrogen) atoms. The molecule has 0 aliphatic carbocycles. The molecule has 0 bridgehead atoms. The SMILES string of the molecule is CC(O)C(NC(=O)C(Cc1c[nH]c2ccccc12)NC(=O)C(Cc1ccc(O)cc1)NC(=O)C(N)CCCN=C(N)N)C(=O)O. The Morgan fingerprint density at radius 1 is 0.911 bits per heavy atom. The summed E-state index contributed by atoms with van der Waals surface area (Å²) >= 11 is 0. The molecule has 0 fully saturated rings. The molecule has 3 rings (SSSR count). The summed E-state index contributed by atoms with van der Waals surface area (Å²) in [7, 11) is 0. The van der Waals surface area contributed by atoms with Crippen molar-refractivity contribution in [1.82, 2.24) is 20.9 Å². The second kappa shape index (κ2) is 16.1. The van der Waals surface area contributed by atoms with Crippen molar-refractivity contribution in [2.45, 2.75) is 62.9 Å². The summed E-state index contributed by atoms with van der Waals surface area (Å²) in [6, 6.07) is 8.17. The Balaban J connectivity index is 1.87. The molecule has 3 aromatic rings. The Morgan fingerprint density at radius 3 is 2.18 bits per heavy atom.